The number of carbonyl (C=O) groups is 1. The van der Waals surface area contributed by atoms with Crippen molar-refractivity contribution in [3.8, 4) is 0 Å². The van der Waals surface area contributed by atoms with E-state index in [4.69, 9.17) is 4.74 Å². The third kappa shape index (κ3) is 5.88. The average molecular weight is 353 g/mol. The minimum atomic E-state index is -0.655. The molecule has 1 aliphatic carbocycles. The van der Waals surface area contributed by atoms with Crippen LogP contribution in [-0.4, -0.2) is 29.2 Å². The van der Waals surface area contributed by atoms with E-state index >= 15 is 0 Å². The highest BCUT2D eigenvalue weighted by Gasteiger charge is 2.28. The van der Waals surface area contributed by atoms with Crippen LogP contribution in [0.5, 0.6) is 0 Å². The van der Waals surface area contributed by atoms with E-state index in [2.05, 4.69) is 10.6 Å². The number of non-ortho nitro benzene ring substituents is 1. The monoisotopic (exact) mass is 353 g/mol. The molecule has 138 valence electrons. The van der Waals surface area contributed by atoms with Crippen molar-refractivity contribution in [1.82, 2.24) is 5.32 Å². The van der Waals surface area contributed by atoms with Crippen LogP contribution in [-0.2, 0) is 4.74 Å². The van der Waals surface area contributed by atoms with Crippen molar-refractivity contribution in [2.45, 2.75) is 51.7 Å². The quantitative estimate of drug-likeness (QED) is 0.620. The van der Waals surface area contributed by atoms with Gasteiger partial charge in [0.25, 0.3) is 5.69 Å². The fourth-order valence-electron chi connectivity index (χ4n) is 2.98. The molecule has 0 aliphatic heterocycles. The number of nitrogens with one attached hydrogen (secondary N) is 2. The van der Waals surface area contributed by atoms with Crippen molar-refractivity contribution in [3.05, 3.63) is 34.1 Å². The topological polar surface area (TPSA) is 93.5 Å². The van der Waals surface area contributed by atoms with E-state index in [1.807, 2.05) is 0 Å². The van der Waals surface area contributed by atoms with Crippen LogP contribution in [0.1, 0.15) is 40.0 Å². The molecule has 2 unspecified atom stereocenters. The first-order chi connectivity index (χ1) is 11.6. The average Bonchev–Trinajstić information content (AvgIpc) is 2.90. The Bertz CT molecular complexity index is 645. The highest BCUT2D eigenvalue weighted by molar-refractivity contribution is 5.67. The van der Waals surface area contributed by atoms with Gasteiger partial charge in [-0.05, 0) is 45.6 Å². The number of hydrogen-bond donors (Lipinski definition) is 2. The lowest BCUT2D eigenvalue weighted by Gasteiger charge is -2.24. The SMILES string of the molecule is CC(C)(C)OC(=O)NCC1CCCC1Nc1cc(F)cc([N+](=O)[O-])c1. The number of nitro groups is 1. The number of rotatable bonds is 5. The Morgan fingerprint density at radius 2 is 2.08 bits per heavy atom. The van der Waals surface area contributed by atoms with Gasteiger partial charge in [-0.15, -0.1) is 0 Å². The van der Waals surface area contributed by atoms with Crippen LogP contribution in [0, 0.1) is 21.8 Å². The lowest BCUT2D eigenvalue weighted by atomic mass is 10.0. The molecule has 1 aromatic carbocycles. The van der Waals surface area contributed by atoms with E-state index in [1.54, 1.807) is 20.8 Å². The summed E-state index contributed by atoms with van der Waals surface area (Å²) in [6.07, 6.45) is 2.26. The lowest BCUT2D eigenvalue weighted by Crippen LogP contribution is -2.38. The number of alkyl carbamates (subject to hydrolysis) is 1. The molecule has 1 aromatic rings. The Hall–Kier alpha value is -2.38. The minimum absolute atomic E-state index is 0.0105. The Morgan fingerprint density at radius 1 is 1.36 bits per heavy atom. The largest absolute Gasteiger partial charge is 0.444 e. The molecule has 1 aliphatic rings. The van der Waals surface area contributed by atoms with E-state index in [9.17, 15) is 19.3 Å². The molecule has 1 amide bonds. The van der Waals surface area contributed by atoms with Crippen molar-refractivity contribution < 1.29 is 18.8 Å². The van der Waals surface area contributed by atoms with Crippen LogP contribution in [0.2, 0.25) is 0 Å². The van der Waals surface area contributed by atoms with Crippen molar-refractivity contribution in [3.63, 3.8) is 0 Å². The summed E-state index contributed by atoms with van der Waals surface area (Å²) in [5.41, 5.74) is -0.470. The molecule has 8 heteroatoms. The minimum Gasteiger partial charge on any atom is -0.444 e. The third-order valence-corrected chi connectivity index (χ3v) is 4.01. The molecule has 0 spiro atoms. The van der Waals surface area contributed by atoms with Crippen molar-refractivity contribution in [2.24, 2.45) is 5.92 Å². The first-order valence-corrected chi connectivity index (χ1v) is 8.32. The van der Waals surface area contributed by atoms with Gasteiger partial charge in [0, 0.05) is 24.3 Å². The van der Waals surface area contributed by atoms with E-state index in [0.29, 0.717) is 12.2 Å². The molecule has 2 rings (SSSR count). The van der Waals surface area contributed by atoms with Gasteiger partial charge >= 0.3 is 6.09 Å². The molecule has 0 aromatic heterocycles. The maximum Gasteiger partial charge on any atom is 0.407 e. The van der Waals surface area contributed by atoms with Gasteiger partial charge < -0.3 is 15.4 Å². The molecule has 0 saturated heterocycles. The summed E-state index contributed by atoms with van der Waals surface area (Å²) < 4.78 is 18.8. The first kappa shape index (κ1) is 19.0. The number of nitro benzene ring substituents is 1. The number of halogens is 1. The number of nitrogens with zero attached hydrogens (tertiary/aromatic N) is 1. The molecule has 0 radical (unpaired) electrons. The zero-order chi connectivity index (χ0) is 18.6. The Morgan fingerprint density at radius 3 is 2.72 bits per heavy atom. The van der Waals surface area contributed by atoms with E-state index in [0.717, 1.165) is 25.3 Å². The second-order valence-electron chi connectivity index (χ2n) is 7.28. The van der Waals surface area contributed by atoms with Crippen LogP contribution in [0.4, 0.5) is 20.6 Å². The van der Waals surface area contributed by atoms with Crippen LogP contribution in [0.15, 0.2) is 18.2 Å². The highest BCUT2D eigenvalue weighted by Crippen LogP contribution is 2.30. The van der Waals surface area contributed by atoms with E-state index in [-0.39, 0.29) is 17.6 Å². The number of amides is 1. The van der Waals surface area contributed by atoms with Gasteiger partial charge in [0.05, 0.1) is 11.0 Å². The van der Waals surface area contributed by atoms with Crippen LogP contribution < -0.4 is 10.6 Å². The molecule has 0 heterocycles. The molecule has 25 heavy (non-hydrogen) atoms. The zero-order valence-corrected chi connectivity index (χ0v) is 14.7. The van der Waals surface area contributed by atoms with Gasteiger partial charge in [0.1, 0.15) is 11.4 Å². The number of benzene rings is 1. The standard InChI is InChI=1S/C17H24FN3O4/c1-17(2,3)25-16(22)19-10-11-5-4-6-15(11)20-13-7-12(18)8-14(9-13)21(23)24/h7-9,11,15,20H,4-6,10H2,1-3H3,(H,19,22). The predicted molar refractivity (Wildman–Crippen MR) is 92.0 cm³/mol. The molecule has 0 bridgehead atoms. The van der Waals surface area contributed by atoms with Crippen molar-refractivity contribution >= 4 is 17.5 Å². The number of carbonyl (C=O) groups excluding carboxylic acids is 1. The molecule has 1 saturated carbocycles. The van der Waals surface area contributed by atoms with E-state index in [1.165, 1.54) is 12.1 Å². The summed E-state index contributed by atoms with van der Waals surface area (Å²) in [6.45, 7) is 5.82. The normalized spacial score (nSPS) is 20.2. The molecule has 1 fully saturated rings. The molecular formula is C17H24FN3O4. The van der Waals surface area contributed by atoms with Crippen molar-refractivity contribution in [2.75, 3.05) is 11.9 Å². The van der Waals surface area contributed by atoms with Crippen LogP contribution in [0.3, 0.4) is 0 Å². The van der Waals surface area contributed by atoms with Gasteiger partial charge in [-0.2, -0.15) is 0 Å². The third-order valence-electron chi connectivity index (χ3n) is 4.01. The number of anilines is 1. The molecule has 2 atom stereocenters. The van der Waals surface area contributed by atoms with Gasteiger partial charge in [-0.3, -0.25) is 10.1 Å². The fourth-order valence-corrected chi connectivity index (χ4v) is 2.98. The summed E-state index contributed by atoms with van der Waals surface area (Å²) in [6, 6.07) is 3.46. The van der Waals surface area contributed by atoms with Crippen LogP contribution in [0.25, 0.3) is 0 Å². The van der Waals surface area contributed by atoms with Gasteiger partial charge in [0.15, 0.2) is 0 Å². The Labute approximate surface area is 146 Å². The number of ether oxygens (including phenoxy) is 1. The van der Waals surface area contributed by atoms with Gasteiger partial charge in [0.2, 0.25) is 0 Å². The lowest BCUT2D eigenvalue weighted by molar-refractivity contribution is -0.385. The maximum atomic E-state index is 13.6. The maximum absolute atomic E-state index is 13.6. The van der Waals surface area contributed by atoms with Crippen molar-refractivity contribution in [1.29, 1.82) is 0 Å². The summed E-state index contributed by atoms with van der Waals surface area (Å²) in [4.78, 5) is 22.0. The van der Waals surface area contributed by atoms with Gasteiger partial charge in [-0.25, -0.2) is 9.18 Å². The van der Waals surface area contributed by atoms with E-state index < -0.39 is 22.4 Å². The summed E-state index contributed by atoms with van der Waals surface area (Å²) in [7, 11) is 0. The van der Waals surface area contributed by atoms with Crippen LogP contribution >= 0.6 is 0 Å². The summed E-state index contributed by atoms with van der Waals surface area (Å²) in [5, 5.41) is 16.8. The second-order valence-corrected chi connectivity index (χ2v) is 7.28. The van der Waals surface area contributed by atoms with Gasteiger partial charge in [-0.1, -0.05) is 6.42 Å². The highest BCUT2D eigenvalue weighted by atomic mass is 19.1. The molecular weight excluding hydrogens is 329 g/mol. The smallest absolute Gasteiger partial charge is 0.407 e. The zero-order valence-electron chi connectivity index (χ0n) is 14.7. The predicted octanol–water partition coefficient (Wildman–Crippen LogP) is 3.84. The summed E-state index contributed by atoms with van der Waals surface area (Å²) in [5.74, 6) is -0.507. The second kappa shape index (κ2) is 7.67. The Kier molecular flexibility index (Phi) is 5.81. The first-order valence-electron chi connectivity index (χ1n) is 8.32. The molecule has 2 N–H and O–H groups in total. The number of hydrogen-bond acceptors (Lipinski definition) is 5. The summed E-state index contributed by atoms with van der Waals surface area (Å²) >= 11 is 0. The Balaban J connectivity index is 1.95. The fraction of sp³-hybridized carbons (Fsp3) is 0.588. The molecule has 7 nitrogen and oxygen atoms in total.